The Bertz CT molecular complexity index is 488. The van der Waals surface area contributed by atoms with E-state index in [1.54, 1.807) is 0 Å². The second-order valence-electron chi connectivity index (χ2n) is 6.25. The van der Waals surface area contributed by atoms with Gasteiger partial charge in [0.1, 0.15) is 11.5 Å². The van der Waals surface area contributed by atoms with E-state index in [2.05, 4.69) is 26.0 Å². The molecule has 1 unspecified atom stereocenters. The molecule has 2 heteroatoms. The van der Waals surface area contributed by atoms with Crippen molar-refractivity contribution >= 4 is 5.78 Å². The number of ether oxygens (including phenoxy) is 1. The van der Waals surface area contributed by atoms with Crippen molar-refractivity contribution in [3.05, 3.63) is 29.3 Å². The average molecular weight is 244 g/mol. The lowest BCUT2D eigenvalue weighted by atomic mass is 9.99. The summed E-state index contributed by atoms with van der Waals surface area (Å²) in [4.78, 5) is 12.0. The van der Waals surface area contributed by atoms with Crippen molar-refractivity contribution in [3.8, 4) is 5.75 Å². The second kappa shape index (κ2) is 4.11. The van der Waals surface area contributed by atoms with E-state index in [1.165, 1.54) is 11.1 Å². The van der Waals surface area contributed by atoms with Crippen LogP contribution in [0.15, 0.2) is 18.2 Å². The van der Waals surface area contributed by atoms with Gasteiger partial charge in [0.05, 0.1) is 6.61 Å². The van der Waals surface area contributed by atoms with Gasteiger partial charge in [0.15, 0.2) is 0 Å². The van der Waals surface area contributed by atoms with Crippen LogP contribution in [0.5, 0.6) is 5.75 Å². The highest BCUT2D eigenvalue weighted by Crippen LogP contribution is 2.52. The molecule has 2 aliphatic rings. The molecule has 1 atom stereocenters. The van der Waals surface area contributed by atoms with Gasteiger partial charge in [-0.05, 0) is 35.4 Å². The van der Waals surface area contributed by atoms with Gasteiger partial charge >= 0.3 is 0 Å². The molecule has 1 aromatic rings. The van der Waals surface area contributed by atoms with Crippen molar-refractivity contribution in [1.82, 2.24) is 0 Å². The molecule has 0 amide bonds. The largest absolute Gasteiger partial charge is 0.493 e. The number of rotatable bonds is 4. The molecule has 0 saturated heterocycles. The molecule has 0 aromatic heterocycles. The molecular weight excluding hydrogens is 224 g/mol. The van der Waals surface area contributed by atoms with Crippen LogP contribution in [-0.4, -0.2) is 12.4 Å². The van der Waals surface area contributed by atoms with E-state index >= 15 is 0 Å². The van der Waals surface area contributed by atoms with Crippen LogP contribution in [0, 0.1) is 11.3 Å². The van der Waals surface area contributed by atoms with Gasteiger partial charge in [0.2, 0.25) is 0 Å². The maximum absolute atomic E-state index is 12.0. The summed E-state index contributed by atoms with van der Waals surface area (Å²) in [5.74, 6) is 1.78. The Morgan fingerprint density at radius 2 is 2.22 bits per heavy atom. The monoisotopic (exact) mass is 244 g/mol. The van der Waals surface area contributed by atoms with E-state index < -0.39 is 0 Å². The van der Waals surface area contributed by atoms with Crippen LogP contribution in [0.2, 0.25) is 0 Å². The third-order valence-electron chi connectivity index (χ3n) is 4.32. The smallest absolute Gasteiger partial charge is 0.136 e. The van der Waals surface area contributed by atoms with Crippen molar-refractivity contribution < 1.29 is 9.53 Å². The van der Waals surface area contributed by atoms with Gasteiger partial charge in [-0.2, -0.15) is 0 Å². The number of hydrogen-bond donors (Lipinski definition) is 0. The number of carbonyl (C=O) groups is 1. The zero-order chi connectivity index (χ0) is 12.8. The number of ketones is 1. The van der Waals surface area contributed by atoms with E-state index in [4.69, 9.17) is 4.74 Å². The van der Waals surface area contributed by atoms with E-state index in [0.717, 1.165) is 31.6 Å². The number of fused-ring (bicyclic) bond motifs is 1. The van der Waals surface area contributed by atoms with Gasteiger partial charge in [0.25, 0.3) is 0 Å². The van der Waals surface area contributed by atoms with Crippen LogP contribution in [0.3, 0.4) is 0 Å². The fourth-order valence-electron chi connectivity index (χ4n) is 2.85. The normalized spacial score (nSPS) is 23.3. The highest BCUT2D eigenvalue weighted by molar-refractivity contribution is 5.84. The fourth-order valence-corrected chi connectivity index (χ4v) is 2.85. The summed E-state index contributed by atoms with van der Waals surface area (Å²) in [5.41, 5.74) is 2.83. The summed E-state index contributed by atoms with van der Waals surface area (Å²) in [7, 11) is 0. The van der Waals surface area contributed by atoms with Crippen LogP contribution in [0.4, 0.5) is 0 Å². The van der Waals surface area contributed by atoms with Gasteiger partial charge in [-0.25, -0.2) is 0 Å². The second-order valence-corrected chi connectivity index (χ2v) is 6.25. The average Bonchev–Trinajstić information content (AvgIpc) is 2.77. The first kappa shape index (κ1) is 11.8. The fraction of sp³-hybridized carbons (Fsp3) is 0.562. The Labute approximate surface area is 108 Å². The molecule has 1 heterocycles. The van der Waals surface area contributed by atoms with Gasteiger partial charge < -0.3 is 4.74 Å². The van der Waals surface area contributed by atoms with Crippen molar-refractivity contribution in [1.29, 1.82) is 0 Å². The minimum atomic E-state index is 0.267. The highest BCUT2D eigenvalue weighted by atomic mass is 16.5. The molecular formula is C16H20O2. The Kier molecular flexibility index (Phi) is 2.69. The number of aryl methyl sites for hydroxylation is 1. The predicted octanol–water partition coefficient (Wildman–Crippen LogP) is 3.17. The first-order valence-electron chi connectivity index (χ1n) is 6.83. The molecule has 2 nitrogen and oxygen atoms in total. The van der Waals surface area contributed by atoms with E-state index in [9.17, 15) is 4.79 Å². The number of benzene rings is 1. The lowest BCUT2D eigenvalue weighted by Gasteiger charge is -2.05. The van der Waals surface area contributed by atoms with E-state index in [-0.39, 0.29) is 5.41 Å². The number of Topliss-reactive ketones (excluding diaryl/α,β-unsaturated/α-hetero) is 1. The Balaban J connectivity index is 1.59. The third kappa shape index (κ3) is 2.16. The van der Waals surface area contributed by atoms with Crippen molar-refractivity contribution in [3.63, 3.8) is 0 Å². The van der Waals surface area contributed by atoms with Crippen LogP contribution in [0.25, 0.3) is 0 Å². The summed E-state index contributed by atoms with van der Waals surface area (Å²) >= 11 is 0. The predicted molar refractivity (Wildman–Crippen MR) is 70.9 cm³/mol. The Morgan fingerprint density at radius 3 is 2.94 bits per heavy atom. The van der Waals surface area contributed by atoms with Crippen LogP contribution >= 0.6 is 0 Å². The van der Waals surface area contributed by atoms with Crippen molar-refractivity contribution in [2.24, 2.45) is 11.3 Å². The third-order valence-corrected chi connectivity index (χ3v) is 4.32. The summed E-state index contributed by atoms with van der Waals surface area (Å²) in [6.07, 6.45) is 3.64. The summed E-state index contributed by atoms with van der Waals surface area (Å²) in [6, 6.07) is 6.34. The molecule has 0 N–H and O–H groups in total. The van der Waals surface area contributed by atoms with Crippen LogP contribution in [-0.2, 0) is 17.6 Å². The standard InChI is InChI=1S/C16H20O2/c1-16(2)10-13(16)14(17)5-3-11-4-6-15-12(9-11)7-8-18-15/h4,6,9,13H,3,5,7-8,10H2,1-2H3. The highest BCUT2D eigenvalue weighted by Gasteiger charge is 2.49. The SMILES string of the molecule is CC1(C)CC1C(=O)CCc1ccc2c(c1)CCO2. The van der Waals surface area contributed by atoms with Crippen molar-refractivity contribution in [2.75, 3.05) is 6.61 Å². The minimum absolute atomic E-state index is 0.267. The number of hydrogen-bond acceptors (Lipinski definition) is 2. The lowest BCUT2D eigenvalue weighted by molar-refractivity contribution is -0.120. The van der Waals surface area contributed by atoms with Crippen LogP contribution < -0.4 is 4.74 Å². The topological polar surface area (TPSA) is 26.3 Å². The van der Waals surface area contributed by atoms with Gasteiger partial charge in [-0.3, -0.25) is 4.79 Å². The van der Waals surface area contributed by atoms with Crippen LogP contribution in [0.1, 0.15) is 37.8 Å². The molecule has 3 rings (SSSR count). The van der Waals surface area contributed by atoms with Gasteiger partial charge in [-0.15, -0.1) is 0 Å². The summed E-state index contributed by atoms with van der Waals surface area (Å²) in [5, 5.41) is 0. The maximum Gasteiger partial charge on any atom is 0.136 e. The van der Waals surface area contributed by atoms with Crippen molar-refractivity contribution in [2.45, 2.75) is 39.5 Å². The first-order valence-corrected chi connectivity index (χ1v) is 6.83. The minimum Gasteiger partial charge on any atom is -0.493 e. The Hall–Kier alpha value is -1.31. The quantitative estimate of drug-likeness (QED) is 0.813. The molecule has 18 heavy (non-hydrogen) atoms. The number of carbonyl (C=O) groups excluding carboxylic acids is 1. The molecule has 0 bridgehead atoms. The van der Waals surface area contributed by atoms with Gasteiger partial charge in [0, 0.05) is 18.8 Å². The van der Waals surface area contributed by atoms with E-state index in [0.29, 0.717) is 18.1 Å². The lowest BCUT2D eigenvalue weighted by Crippen LogP contribution is -2.07. The maximum atomic E-state index is 12.0. The molecule has 0 spiro atoms. The molecule has 1 saturated carbocycles. The summed E-state index contributed by atoms with van der Waals surface area (Å²) < 4.78 is 5.49. The molecule has 0 radical (unpaired) electrons. The zero-order valence-corrected chi connectivity index (χ0v) is 11.2. The molecule has 96 valence electrons. The first-order chi connectivity index (χ1) is 8.56. The molecule has 1 aliphatic heterocycles. The zero-order valence-electron chi connectivity index (χ0n) is 11.2. The van der Waals surface area contributed by atoms with Gasteiger partial charge in [-0.1, -0.05) is 26.0 Å². The molecule has 1 aliphatic carbocycles. The van der Waals surface area contributed by atoms with E-state index in [1.807, 2.05) is 6.07 Å². The summed E-state index contributed by atoms with van der Waals surface area (Å²) in [6.45, 7) is 5.17. The molecule has 1 aromatic carbocycles. The molecule has 1 fully saturated rings. The Morgan fingerprint density at radius 1 is 1.44 bits per heavy atom.